The topological polar surface area (TPSA) is 105 Å². The maximum absolute atomic E-state index is 12.4. The van der Waals surface area contributed by atoms with Gasteiger partial charge in [-0.05, 0) is 48.9 Å². The number of anilines is 3. The number of hydrogen-bond acceptors (Lipinski definition) is 5. The summed E-state index contributed by atoms with van der Waals surface area (Å²) in [6.45, 7) is 2.92. The predicted octanol–water partition coefficient (Wildman–Crippen LogP) is 3.14. The molecule has 162 valence electrons. The molecule has 0 spiro atoms. The molecule has 1 atom stereocenters. The van der Waals surface area contributed by atoms with Crippen LogP contribution in [0.25, 0.3) is 0 Å². The SMILES string of the molecule is CC(=O)Nc1ccc(NC(=O)COC(=O)[C@@H]2CC(=O)N(c3cccc(Cl)c3C)C2)cc1. The quantitative estimate of drug-likeness (QED) is 0.667. The van der Waals surface area contributed by atoms with Crippen molar-refractivity contribution in [3.63, 3.8) is 0 Å². The summed E-state index contributed by atoms with van der Waals surface area (Å²) in [6, 6.07) is 11.8. The van der Waals surface area contributed by atoms with E-state index in [1.165, 1.54) is 11.8 Å². The normalized spacial score (nSPS) is 15.5. The van der Waals surface area contributed by atoms with Crippen LogP contribution in [0.1, 0.15) is 18.9 Å². The van der Waals surface area contributed by atoms with Gasteiger partial charge in [0.05, 0.1) is 5.92 Å². The van der Waals surface area contributed by atoms with Crippen molar-refractivity contribution in [3.05, 3.63) is 53.1 Å². The highest BCUT2D eigenvalue weighted by Crippen LogP contribution is 2.31. The van der Waals surface area contributed by atoms with Gasteiger partial charge >= 0.3 is 5.97 Å². The van der Waals surface area contributed by atoms with Gasteiger partial charge in [-0.15, -0.1) is 0 Å². The van der Waals surface area contributed by atoms with Gasteiger partial charge in [-0.3, -0.25) is 19.2 Å². The largest absolute Gasteiger partial charge is 0.455 e. The number of hydrogen-bond donors (Lipinski definition) is 2. The monoisotopic (exact) mass is 443 g/mol. The van der Waals surface area contributed by atoms with Crippen molar-refractivity contribution in [2.24, 2.45) is 5.92 Å². The second-order valence-corrected chi connectivity index (χ2v) is 7.61. The summed E-state index contributed by atoms with van der Waals surface area (Å²) in [7, 11) is 0. The Kier molecular flexibility index (Phi) is 6.91. The average Bonchev–Trinajstić information content (AvgIpc) is 3.11. The molecule has 1 heterocycles. The lowest BCUT2D eigenvalue weighted by atomic mass is 10.1. The van der Waals surface area contributed by atoms with Gasteiger partial charge in [0, 0.05) is 42.0 Å². The summed E-state index contributed by atoms with van der Waals surface area (Å²) in [6.07, 6.45) is 0.0109. The minimum Gasteiger partial charge on any atom is -0.455 e. The molecule has 2 aromatic rings. The first-order valence-corrected chi connectivity index (χ1v) is 10.0. The zero-order valence-corrected chi connectivity index (χ0v) is 17.9. The number of ether oxygens (including phenoxy) is 1. The number of carbonyl (C=O) groups is 4. The smallest absolute Gasteiger partial charge is 0.311 e. The van der Waals surface area contributed by atoms with Gasteiger partial charge in [0.2, 0.25) is 11.8 Å². The Morgan fingerprint density at radius 2 is 1.74 bits per heavy atom. The van der Waals surface area contributed by atoms with Gasteiger partial charge < -0.3 is 20.3 Å². The van der Waals surface area contributed by atoms with Crippen LogP contribution in [-0.4, -0.2) is 36.8 Å². The molecular weight excluding hydrogens is 422 g/mol. The van der Waals surface area contributed by atoms with Gasteiger partial charge in [-0.1, -0.05) is 17.7 Å². The standard InChI is InChI=1S/C22H22ClN3O5/c1-13-18(23)4-3-5-19(13)26-11-15(10-21(26)29)22(30)31-12-20(28)25-17-8-6-16(7-9-17)24-14(2)27/h3-9,15H,10-12H2,1-2H3,(H,24,27)(H,25,28)/t15-/m1/s1. The second-order valence-electron chi connectivity index (χ2n) is 7.20. The number of nitrogens with one attached hydrogen (secondary N) is 2. The molecule has 2 aromatic carbocycles. The molecule has 9 heteroatoms. The van der Waals surface area contributed by atoms with Gasteiger partial charge in [0.25, 0.3) is 5.91 Å². The minimum absolute atomic E-state index is 0.0109. The maximum atomic E-state index is 12.4. The van der Waals surface area contributed by atoms with Crippen molar-refractivity contribution in [3.8, 4) is 0 Å². The van der Waals surface area contributed by atoms with Crippen molar-refractivity contribution in [2.45, 2.75) is 20.3 Å². The fraction of sp³-hybridized carbons (Fsp3) is 0.273. The van der Waals surface area contributed by atoms with E-state index in [0.717, 1.165) is 5.56 Å². The third kappa shape index (κ3) is 5.61. The molecule has 3 rings (SSSR count). The second kappa shape index (κ2) is 9.61. The third-order valence-corrected chi connectivity index (χ3v) is 5.23. The molecule has 3 amide bonds. The van der Waals surface area contributed by atoms with Crippen LogP contribution in [0.15, 0.2) is 42.5 Å². The van der Waals surface area contributed by atoms with E-state index < -0.39 is 24.4 Å². The Labute approximate surface area is 184 Å². The van der Waals surface area contributed by atoms with E-state index in [1.54, 1.807) is 42.5 Å². The summed E-state index contributed by atoms with van der Waals surface area (Å²) in [4.78, 5) is 49.4. The fourth-order valence-electron chi connectivity index (χ4n) is 3.28. The Morgan fingerprint density at radius 3 is 2.39 bits per heavy atom. The lowest BCUT2D eigenvalue weighted by Gasteiger charge is -2.19. The summed E-state index contributed by atoms with van der Waals surface area (Å²) in [5.74, 6) is -2.16. The highest BCUT2D eigenvalue weighted by molar-refractivity contribution is 6.31. The number of carbonyl (C=O) groups excluding carboxylic acids is 4. The number of rotatable bonds is 6. The van der Waals surface area contributed by atoms with E-state index in [-0.39, 0.29) is 24.8 Å². The Hall–Kier alpha value is -3.39. The maximum Gasteiger partial charge on any atom is 0.311 e. The van der Waals surface area contributed by atoms with Crippen molar-refractivity contribution in [2.75, 3.05) is 28.7 Å². The van der Waals surface area contributed by atoms with Crippen molar-refractivity contribution in [1.82, 2.24) is 0 Å². The molecule has 2 N–H and O–H groups in total. The van der Waals surface area contributed by atoms with Crippen LogP contribution < -0.4 is 15.5 Å². The van der Waals surface area contributed by atoms with Crippen LogP contribution in [0.3, 0.4) is 0 Å². The summed E-state index contributed by atoms with van der Waals surface area (Å²) in [5, 5.41) is 5.77. The van der Waals surface area contributed by atoms with Crippen LogP contribution in [0.2, 0.25) is 5.02 Å². The zero-order chi connectivity index (χ0) is 22.5. The highest BCUT2D eigenvalue weighted by Gasteiger charge is 2.37. The van der Waals surface area contributed by atoms with E-state index in [2.05, 4.69) is 10.6 Å². The number of halogens is 1. The molecule has 0 aromatic heterocycles. The Morgan fingerprint density at radius 1 is 1.10 bits per heavy atom. The first kappa shape index (κ1) is 22.3. The summed E-state index contributed by atoms with van der Waals surface area (Å²) in [5.41, 5.74) is 2.51. The molecule has 8 nitrogen and oxygen atoms in total. The van der Waals surface area contributed by atoms with Crippen LogP contribution in [0.4, 0.5) is 17.1 Å². The summed E-state index contributed by atoms with van der Waals surface area (Å²) < 4.78 is 5.11. The van der Waals surface area contributed by atoms with Gasteiger partial charge in [-0.25, -0.2) is 0 Å². The van der Waals surface area contributed by atoms with E-state index in [9.17, 15) is 19.2 Å². The lowest BCUT2D eigenvalue weighted by Crippen LogP contribution is -2.28. The van der Waals surface area contributed by atoms with Gasteiger partial charge in [0.15, 0.2) is 6.61 Å². The van der Waals surface area contributed by atoms with Crippen molar-refractivity contribution >= 4 is 52.4 Å². The van der Waals surface area contributed by atoms with Crippen LogP contribution in [-0.2, 0) is 23.9 Å². The molecule has 1 aliphatic heterocycles. The van der Waals surface area contributed by atoms with Crippen molar-refractivity contribution in [1.29, 1.82) is 0 Å². The number of benzene rings is 2. The fourth-order valence-corrected chi connectivity index (χ4v) is 3.45. The molecule has 0 aliphatic carbocycles. The van der Waals surface area contributed by atoms with Crippen LogP contribution in [0, 0.1) is 12.8 Å². The Balaban J connectivity index is 1.51. The van der Waals surface area contributed by atoms with Crippen molar-refractivity contribution < 1.29 is 23.9 Å². The molecule has 1 saturated heterocycles. The average molecular weight is 444 g/mol. The highest BCUT2D eigenvalue weighted by atomic mass is 35.5. The number of esters is 1. The molecule has 0 radical (unpaired) electrons. The van der Waals surface area contributed by atoms with E-state index in [4.69, 9.17) is 16.3 Å². The first-order chi connectivity index (χ1) is 14.7. The van der Waals surface area contributed by atoms with E-state index in [0.29, 0.717) is 22.1 Å². The van der Waals surface area contributed by atoms with Gasteiger partial charge in [0.1, 0.15) is 0 Å². The molecule has 0 bridgehead atoms. The molecule has 1 aliphatic rings. The zero-order valence-electron chi connectivity index (χ0n) is 17.1. The minimum atomic E-state index is -0.657. The van der Waals surface area contributed by atoms with Gasteiger partial charge in [-0.2, -0.15) is 0 Å². The van der Waals surface area contributed by atoms with E-state index in [1.807, 2.05) is 6.92 Å². The number of amides is 3. The molecule has 0 unspecified atom stereocenters. The van der Waals surface area contributed by atoms with E-state index >= 15 is 0 Å². The third-order valence-electron chi connectivity index (χ3n) is 4.82. The number of nitrogens with zero attached hydrogens (tertiary/aromatic N) is 1. The lowest BCUT2D eigenvalue weighted by molar-refractivity contribution is -0.151. The molecule has 1 fully saturated rings. The molecule has 31 heavy (non-hydrogen) atoms. The predicted molar refractivity (Wildman–Crippen MR) is 117 cm³/mol. The first-order valence-electron chi connectivity index (χ1n) is 9.64. The molecule has 0 saturated carbocycles. The van der Waals surface area contributed by atoms with Crippen LogP contribution >= 0.6 is 11.6 Å². The van der Waals surface area contributed by atoms with Crippen LogP contribution in [0.5, 0.6) is 0 Å². The Bertz CT molecular complexity index is 1020. The molecular formula is C22H22ClN3O5. The summed E-state index contributed by atoms with van der Waals surface area (Å²) >= 11 is 6.13.